The number of rotatable bonds is 3. The quantitative estimate of drug-likeness (QED) is 0.679. The first-order chi connectivity index (χ1) is 9.63. The van der Waals surface area contributed by atoms with Gasteiger partial charge in [0.15, 0.2) is 0 Å². The van der Waals surface area contributed by atoms with Crippen molar-refractivity contribution in [2.75, 3.05) is 0 Å². The first-order valence-corrected chi connectivity index (χ1v) is 7.38. The fourth-order valence-electron chi connectivity index (χ4n) is 3.76. The molecule has 0 amide bonds. The molecular formula is C15H21N3O2. The monoisotopic (exact) mass is 275 g/mol. The summed E-state index contributed by atoms with van der Waals surface area (Å²) in [5.74, 6) is 0. The molecule has 2 aliphatic rings. The lowest BCUT2D eigenvalue weighted by molar-refractivity contribution is -0.384. The van der Waals surface area contributed by atoms with Gasteiger partial charge >= 0.3 is 0 Å². The number of nitro groups is 1. The molecule has 2 fully saturated rings. The molecule has 0 spiro atoms. The minimum Gasteiger partial charge on any atom is -0.328 e. The summed E-state index contributed by atoms with van der Waals surface area (Å²) in [6, 6.07) is 8.44. The zero-order chi connectivity index (χ0) is 14.1. The first-order valence-electron chi connectivity index (χ1n) is 7.38. The molecule has 0 aliphatic carbocycles. The minimum absolute atomic E-state index is 0.182. The van der Waals surface area contributed by atoms with Gasteiger partial charge in [0, 0.05) is 36.8 Å². The summed E-state index contributed by atoms with van der Waals surface area (Å²) in [6.45, 7) is 0.809. The predicted molar refractivity (Wildman–Crippen MR) is 77.3 cm³/mol. The maximum absolute atomic E-state index is 10.9. The van der Waals surface area contributed by atoms with E-state index in [4.69, 9.17) is 5.73 Å². The second-order valence-electron chi connectivity index (χ2n) is 6.07. The smallest absolute Gasteiger partial charge is 0.269 e. The van der Waals surface area contributed by atoms with Crippen molar-refractivity contribution < 1.29 is 4.92 Å². The maximum atomic E-state index is 10.9. The highest BCUT2D eigenvalue weighted by atomic mass is 16.6. The van der Waals surface area contributed by atoms with Crippen LogP contribution in [0.5, 0.6) is 0 Å². The molecule has 0 radical (unpaired) electrons. The van der Waals surface area contributed by atoms with E-state index < -0.39 is 0 Å². The van der Waals surface area contributed by atoms with Gasteiger partial charge in [0.2, 0.25) is 0 Å². The van der Waals surface area contributed by atoms with Crippen LogP contribution >= 0.6 is 0 Å². The van der Waals surface area contributed by atoms with E-state index in [1.54, 1.807) is 18.2 Å². The van der Waals surface area contributed by atoms with Gasteiger partial charge < -0.3 is 5.73 Å². The standard InChI is InChI=1S/C15H21N3O2/c16-12-8-13-4-2-5-14(9-12)17(13)10-11-3-1-6-15(7-11)18(19)20/h1,3,6-7,12-14H,2,4-5,8-10,16H2. The van der Waals surface area contributed by atoms with E-state index in [1.165, 1.54) is 19.3 Å². The van der Waals surface area contributed by atoms with Gasteiger partial charge in [-0.05, 0) is 31.2 Å². The molecule has 2 atom stereocenters. The Bertz CT molecular complexity index is 492. The van der Waals surface area contributed by atoms with Crippen LogP contribution in [0.4, 0.5) is 5.69 Å². The summed E-state index contributed by atoms with van der Waals surface area (Å²) >= 11 is 0. The van der Waals surface area contributed by atoms with E-state index in [1.807, 2.05) is 6.07 Å². The third-order valence-corrected chi connectivity index (χ3v) is 4.65. The molecule has 1 aromatic carbocycles. The van der Waals surface area contributed by atoms with Gasteiger partial charge in [0.1, 0.15) is 0 Å². The number of piperidine rings is 2. The summed E-state index contributed by atoms with van der Waals surface area (Å²) in [5, 5.41) is 10.9. The van der Waals surface area contributed by atoms with Crippen LogP contribution in [0.25, 0.3) is 0 Å². The average molecular weight is 275 g/mol. The van der Waals surface area contributed by atoms with Gasteiger partial charge in [-0.25, -0.2) is 0 Å². The molecule has 5 nitrogen and oxygen atoms in total. The van der Waals surface area contributed by atoms with Gasteiger partial charge in [-0.1, -0.05) is 18.6 Å². The Kier molecular flexibility index (Phi) is 3.72. The lowest BCUT2D eigenvalue weighted by Gasteiger charge is -2.48. The van der Waals surface area contributed by atoms with Crippen molar-refractivity contribution in [1.29, 1.82) is 0 Å². The van der Waals surface area contributed by atoms with Gasteiger partial charge in [0.05, 0.1) is 4.92 Å². The van der Waals surface area contributed by atoms with Crippen LogP contribution in [-0.4, -0.2) is 27.9 Å². The fraction of sp³-hybridized carbons (Fsp3) is 0.600. The molecule has 0 saturated carbocycles. The summed E-state index contributed by atoms with van der Waals surface area (Å²) in [6.07, 6.45) is 5.82. The summed E-state index contributed by atoms with van der Waals surface area (Å²) < 4.78 is 0. The van der Waals surface area contributed by atoms with Crippen LogP contribution in [0, 0.1) is 10.1 Å². The van der Waals surface area contributed by atoms with Crippen molar-refractivity contribution in [1.82, 2.24) is 4.90 Å². The minimum atomic E-state index is -0.323. The molecule has 0 aromatic heterocycles. The normalized spacial score (nSPS) is 30.1. The lowest BCUT2D eigenvalue weighted by atomic mass is 9.82. The molecule has 3 rings (SSSR count). The second-order valence-corrected chi connectivity index (χ2v) is 6.07. The third-order valence-electron chi connectivity index (χ3n) is 4.65. The van der Waals surface area contributed by atoms with Crippen LogP contribution in [0.15, 0.2) is 24.3 Å². The Morgan fingerprint density at radius 1 is 1.30 bits per heavy atom. The van der Waals surface area contributed by atoms with Crippen molar-refractivity contribution in [3.05, 3.63) is 39.9 Å². The van der Waals surface area contributed by atoms with Crippen molar-refractivity contribution in [2.45, 2.75) is 56.8 Å². The van der Waals surface area contributed by atoms with Crippen LogP contribution in [0.2, 0.25) is 0 Å². The molecule has 2 N–H and O–H groups in total. The highest BCUT2D eigenvalue weighted by Gasteiger charge is 2.36. The molecule has 2 bridgehead atoms. The van der Waals surface area contributed by atoms with E-state index in [0.29, 0.717) is 18.1 Å². The number of hydrogen-bond donors (Lipinski definition) is 1. The molecule has 2 saturated heterocycles. The molecule has 108 valence electrons. The molecule has 5 heteroatoms. The SMILES string of the molecule is NC1CC2CCCC(C1)N2Cc1cccc([N+](=O)[O-])c1. The van der Waals surface area contributed by atoms with Gasteiger partial charge in [0.25, 0.3) is 5.69 Å². The number of nitro benzene ring substituents is 1. The predicted octanol–water partition coefficient (Wildman–Crippen LogP) is 2.44. The topological polar surface area (TPSA) is 72.4 Å². The van der Waals surface area contributed by atoms with Crippen LogP contribution in [-0.2, 0) is 6.54 Å². The Balaban J connectivity index is 1.77. The molecule has 2 heterocycles. The number of hydrogen-bond acceptors (Lipinski definition) is 4. The Labute approximate surface area is 118 Å². The van der Waals surface area contributed by atoms with E-state index in [-0.39, 0.29) is 10.6 Å². The fourth-order valence-corrected chi connectivity index (χ4v) is 3.76. The van der Waals surface area contributed by atoms with E-state index in [9.17, 15) is 10.1 Å². The number of non-ortho nitro benzene ring substituents is 1. The summed E-state index contributed by atoms with van der Waals surface area (Å²) in [4.78, 5) is 13.1. The zero-order valence-corrected chi connectivity index (χ0v) is 11.6. The molecule has 2 aliphatic heterocycles. The molecule has 2 unspecified atom stereocenters. The van der Waals surface area contributed by atoms with Crippen molar-refractivity contribution in [2.24, 2.45) is 5.73 Å². The van der Waals surface area contributed by atoms with E-state index in [2.05, 4.69) is 4.90 Å². The van der Waals surface area contributed by atoms with E-state index in [0.717, 1.165) is 24.9 Å². The number of nitrogens with two attached hydrogens (primary N) is 1. The van der Waals surface area contributed by atoms with Gasteiger partial charge in [-0.3, -0.25) is 15.0 Å². The molecular weight excluding hydrogens is 254 g/mol. The Morgan fingerprint density at radius 3 is 2.65 bits per heavy atom. The van der Waals surface area contributed by atoms with Crippen molar-refractivity contribution >= 4 is 5.69 Å². The highest BCUT2D eigenvalue weighted by molar-refractivity contribution is 5.34. The Hall–Kier alpha value is -1.46. The van der Waals surface area contributed by atoms with Crippen LogP contribution in [0.1, 0.15) is 37.7 Å². The highest BCUT2D eigenvalue weighted by Crippen LogP contribution is 2.34. The molecule has 20 heavy (non-hydrogen) atoms. The maximum Gasteiger partial charge on any atom is 0.269 e. The number of nitrogens with zero attached hydrogens (tertiary/aromatic N) is 2. The summed E-state index contributed by atoms with van der Waals surface area (Å²) in [5.41, 5.74) is 7.34. The van der Waals surface area contributed by atoms with Gasteiger partial charge in [-0.2, -0.15) is 0 Å². The van der Waals surface area contributed by atoms with Crippen molar-refractivity contribution in [3.63, 3.8) is 0 Å². The Morgan fingerprint density at radius 2 is 2.00 bits per heavy atom. The number of fused-ring (bicyclic) bond motifs is 2. The largest absolute Gasteiger partial charge is 0.328 e. The second kappa shape index (κ2) is 5.50. The molecule has 1 aromatic rings. The van der Waals surface area contributed by atoms with Crippen LogP contribution in [0.3, 0.4) is 0 Å². The van der Waals surface area contributed by atoms with Gasteiger partial charge in [-0.15, -0.1) is 0 Å². The zero-order valence-electron chi connectivity index (χ0n) is 11.6. The lowest BCUT2D eigenvalue weighted by Crippen LogP contribution is -2.54. The average Bonchev–Trinajstić information content (AvgIpc) is 2.40. The third kappa shape index (κ3) is 2.69. The number of benzene rings is 1. The van der Waals surface area contributed by atoms with Crippen LogP contribution < -0.4 is 5.73 Å². The first kappa shape index (κ1) is 13.5. The van der Waals surface area contributed by atoms with E-state index >= 15 is 0 Å². The summed E-state index contributed by atoms with van der Waals surface area (Å²) in [7, 11) is 0. The van der Waals surface area contributed by atoms with Crippen molar-refractivity contribution in [3.8, 4) is 0 Å².